The van der Waals surface area contributed by atoms with Crippen molar-refractivity contribution in [2.75, 3.05) is 18.6 Å². The van der Waals surface area contributed by atoms with Crippen LogP contribution in [0.1, 0.15) is 17.3 Å². The number of carboxylic acid groups (broad SMARTS) is 1. The van der Waals surface area contributed by atoms with Crippen LogP contribution in [-0.4, -0.2) is 40.8 Å². The number of halogens is 1. The molecular weight excluding hydrogens is 259 g/mol. The Bertz CT molecular complexity index is 520. The minimum absolute atomic E-state index is 0.0888. The molecule has 8 heteroatoms. The van der Waals surface area contributed by atoms with E-state index in [2.05, 4.69) is 0 Å². The number of nitro groups is 1. The van der Waals surface area contributed by atoms with E-state index in [0.29, 0.717) is 6.07 Å². The molecule has 0 radical (unpaired) electrons. The summed E-state index contributed by atoms with van der Waals surface area (Å²) in [5.41, 5.74) is -1.38. The van der Waals surface area contributed by atoms with Crippen LogP contribution >= 0.6 is 0 Å². The third-order valence-corrected chi connectivity index (χ3v) is 2.80. The number of carbonyl (C=O) groups is 1. The van der Waals surface area contributed by atoms with E-state index in [0.717, 1.165) is 6.07 Å². The highest BCUT2D eigenvalue weighted by Crippen LogP contribution is 2.31. The Kier molecular flexibility index (Phi) is 4.38. The number of benzene rings is 1. The van der Waals surface area contributed by atoms with Crippen molar-refractivity contribution in [1.82, 2.24) is 0 Å². The fourth-order valence-corrected chi connectivity index (χ4v) is 1.50. The Balaban J connectivity index is 3.43. The average Bonchev–Trinajstić information content (AvgIpc) is 2.35. The minimum Gasteiger partial charge on any atom is -0.478 e. The summed E-state index contributed by atoms with van der Waals surface area (Å²) in [6.07, 6.45) is 0. The van der Waals surface area contributed by atoms with Crippen molar-refractivity contribution < 1.29 is 24.3 Å². The Morgan fingerprint density at radius 3 is 2.58 bits per heavy atom. The number of hydrogen-bond donors (Lipinski definition) is 2. The molecule has 1 aromatic rings. The number of carboxylic acids is 1. The first kappa shape index (κ1) is 14.8. The van der Waals surface area contributed by atoms with Gasteiger partial charge in [-0.25, -0.2) is 9.18 Å². The highest BCUT2D eigenvalue weighted by molar-refractivity contribution is 5.90. The molecule has 2 N–H and O–H groups in total. The lowest BCUT2D eigenvalue weighted by Gasteiger charge is -2.25. The molecule has 0 aliphatic carbocycles. The van der Waals surface area contributed by atoms with E-state index in [4.69, 9.17) is 10.2 Å². The van der Waals surface area contributed by atoms with Crippen LogP contribution in [0.4, 0.5) is 15.8 Å². The zero-order valence-corrected chi connectivity index (χ0v) is 10.3. The summed E-state index contributed by atoms with van der Waals surface area (Å²) in [6.45, 7) is 1.31. The highest BCUT2D eigenvalue weighted by Gasteiger charge is 2.25. The van der Waals surface area contributed by atoms with Crippen molar-refractivity contribution in [1.29, 1.82) is 0 Å². The summed E-state index contributed by atoms with van der Waals surface area (Å²) >= 11 is 0. The molecule has 0 aliphatic rings. The van der Waals surface area contributed by atoms with Gasteiger partial charge in [-0.1, -0.05) is 0 Å². The zero-order valence-electron chi connectivity index (χ0n) is 10.3. The lowest BCUT2D eigenvalue weighted by Crippen LogP contribution is -2.32. The second-order valence-corrected chi connectivity index (χ2v) is 4.03. The summed E-state index contributed by atoms with van der Waals surface area (Å²) in [7, 11) is 1.45. The van der Waals surface area contributed by atoms with Gasteiger partial charge in [-0.05, 0) is 6.92 Å². The second kappa shape index (κ2) is 5.61. The average molecular weight is 272 g/mol. The molecule has 19 heavy (non-hydrogen) atoms. The van der Waals surface area contributed by atoms with Gasteiger partial charge in [-0.2, -0.15) is 0 Å². The first-order valence-corrected chi connectivity index (χ1v) is 5.34. The van der Waals surface area contributed by atoms with Crippen LogP contribution in [0, 0.1) is 15.9 Å². The van der Waals surface area contributed by atoms with Crippen LogP contribution in [0.2, 0.25) is 0 Å². The maximum atomic E-state index is 13.6. The molecule has 0 spiro atoms. The lowest BCUT2D eigenvalue weighted by molar-refractivity contribution is -0.384. The maximum Gasteiger partial charge on any atom is 0.338 e. The van der Waals surface area contributed by atoms with Gasteiger partial charge in [-0.15, -0.1) is 0 Å². The van der Waals surface area contributed by atoms with Crippen LogP contribution < -0.4 is 4.90 Å². The van der Waals surface area contributed by atoms with Crippen molar-refractivity contribution in [3.05, 3.63) is 33.6 Å². The van der Waals surface area contributed by atoms with Gasteiger partial charge in [0.1, 0.15) is 17.1 Å². The van der Waals surface area contributed by atoms with Crippen LogP contribution in [0.5, 0.6) is 0 Å². The summed E-state index contributed by atoms with van der Waals surface area (Å²) in [5, 5.41) is 28.7. The van der Waals surface area contributed by atoms with Gasteiger partial charge in [-0.3, -0.25) is 10.1 Å². The van der Waals surface area contributed by atoms with E-state index in [-0.39, 0.29) is 12.3 Å². The summed E-state index contributed by atoms with van der Waals surface area (Å²) < 4.78 is 13.6. The fourth-order valence-electron chi connectivity index (χ4n) is 1.50. The maximum absolute atomic E-state index is 13.6. The Morgan fingerprint density at radius 1 is 1.58 bits per heavy atom. The molecule has 0 aliphatic heterocycles. The molecule has 0 saturated carbocycles. The molecule has 7 nitrogen and oxygen atoms in total. The van der Waals surface area contributed by atoms with Gasteiger partial charge in [0, 0.05) is 25.2 Å². The van der Waals surface area contributed by atoms with Crippen LogP contribution in [0.15, 0.2) is 12.1 Å². The number of aromatic carboxylic acids is 1. The van der Waals surface area contributed by atoms with E-state index in [1.165, 1.54) is 11.9 Å². The Morgan fingerprint density at radius 2 is 2.16 bits per heavy atom. The number of aliphatic hydroxyl groups excluding tert-OH is 1. The van der Waals surface area contributed by atoms with Crippen LogP contribution in [0.25, 0.3) is 0 Å². The molecule has 1 unspecified atom stereocenters. The number of hydrogen-bond acceptors (Lipinski definition) is 5. The SMILES string of the molecule is CC(CO)N(C)c1cc(F)c(C(=O)O)cc1[N+](=O)[O-]. The van der Waals surface area contributed by atoms with Crippen molar-refractivity contribution in [2.45, 2.75) is 13.0 Å². The van der Waals surface area contributed by atoms with Crippen molar-refractivity contribution >= 4 is 17.3 Å². The van der Waals surface area contributed by atoms with Gasteiger partial charge in [0.05, 0.1) is 11.5 Å². The third kappa shape index (κ3) is 2.97. The molecule has 1 atom stereocenters. The second-order valence-electron chi connectivity index (χ2n) is 4.03. The monoisotopic (exact) mass is 272 g/mol. The van der Waals surface area contributed by atoms with Crippen molar-refractivity contribution in [3.63, 3.8) is 0 Å². The Labute approximate surface area is 108 Å². The van der Waals surface area contributed by atoms with Crippen LogP contribution in [-0.2, 0) is 0 Å². The minimum atomic E-state index is -1.58. The van der Waals surface area contributed by atoms with Gasteiger partial charge < -0.3 is 15.1 Å². The third-order valence-electron chi connectivity index (χ3n) is 2.80. The number of rotatable bonds is 5. The summed E-state index contributed by atoms with van der Waals surface area (Å²) in [5.74, 6) is -2.64. The smallest absolute Gasteiger partial charge is 0.338 e. The molecule has 0 heterocycles. The number of aliphatic hydroxyl groups is 1. The van der Waals surface area contributed by atoms with Gasteiger partial charge >= 0.3 is 5.97 Å². The quantitative estimate of drug-likeness (QED) is 0.617. The van der Waals surface area contributed by atoms with Gasteiger partial charge in [0.15, 0.2) is 0 Å². The summed E-state index contributed by atoms with van der Waals surface area (Å²) in [6, 6.07) is 0.982. The van der Waals surface area contributed by atoms with E-state index < -0.39 is 34.0 Å². The molecule has 0 aromatic heterocycles. The van der Waals surface area contributed by atoms with E-state index in [1.54, 1.807) is 6.92 Å². The molecule has 0 amide bonds. The highest BCUT2D eigenvalue weighted by atomic mass is 19.1. The molecule has 0 saturated heterocycles. The van der Waals surface area contributed by atoms with Crippen molar-refractivity contribution in [3.8, 4) is 0 Å². The van der Waals surface area contributed by atoms with E-state index >= 15 is 0 Å². The van der Waals surface area contributed by atoms with Gasteiger partial charge in [0.2, 0.25) is 0 Å². The molecule has 1 rings (SSSR count). The predicted octanol–water partition coefficient (Wildman–Crippen LogP) is 1.25. The number of nitrogens with zero attached hydrogens (tertiary/aromatic N) is 2. The fraction of sp³-hybridized carbons (Fsp3) is 0.364. The van der Waals surface area contributed by atoms with Crippen LogP contribution in [0.3, 0.4) is 0 Å². The molecule has 1 aromatic carbocycles. The topological polar surface area (TPSA) is 104 Å². The van der Waals surface area contributed by atoms with Crippen molar-refractivity contribution in [2.24, 2.45) is 0 Å². The normalized spacial score (nSPS) is 12.0. The Hall–Kier alpha value is -2.22. The largest absolute Gasteiger partial charge is 0.478 e. The summed E-state index contributed by atoms with van der Waals surface area (Å²) in [4.78, 5) is 22.2. The lowest BCUT2D eigenvalue weighted by atomic mass is 10.1. The zero-order chi connectivity index (χ0) is 14.7. The first-order chi connectivity index (χ1) is 8.79. The molecule has 104 valence electrons. The standard InChI is InChI=1S/C11H13FN2O5/c1-6(5-15)13(2)9-4-8(12)7(11(16)17)3-10(9)14(18)19/h3-4,6,15H,5H2,1-2H3,(H,16,17). The number of likely N-dealkylation sites (N-methyl/N-ethyl adjacent to an activating group) is 1. The van der Waals surface area contributed by atoms with E-state index in [1.807, 2.05) is 0 Å². The molecule has 0 fully saturated rings. The number of anilines is 1. The van der Waals surface area contributed by atoms with Gasteiger partial charge in [0.25, 0.3) is 5.69 Å². The predicted molar refractivity (Wildman–Crippen MR) is 65.0 cm³/mol. The first-order valence-electron chi connectivity index (χ1n) is 5.34. The molecular formula is C11H13FN2O5. The number of nitro benzene ring substituents is 1. The van der Waals surface area contributed by atoms with E-state index in [9.17, 15) is 19.3 Å². The molecule has 0 bridgehead atoms.